The molecule has 3 aromatic carbocycles. The molecule has 3 rings (SSSR count). The van der Waals surface area contributed by atoms with Gasteiger partial charge in [0.25, 0.3) is 0 Å². The standard InChI is InChI=1S/C23H19NO2/c24-17-23(20-14-8-3-9-15-20,22(26)19-12-6-2-7-13-19)16-21(25)18-10-4-1-5-11-18/h1-15,22,26H,16H2/t22-,23-/m1/s1. The van der Waals surface area contributed by atoms with Crippen LogP contribution in [-0.4, -0.2) is 10.9 Å². The molecule has 0 aliphatic carbocycles. The van der Waals surface area contributed by atoms with Gasteiger partial charge in [-0.3, -0.25) is 4.79 Å². The molecule has 0 aromatic heterocycles. The Bertz CT molecular complexity index is 901. The minimum absolute atomic E-state index is 0.104. The Hall–Kier alpha value is -3.22. The number of benzene rings is 3. The van der Waals surface area contributed by atoms with Gasteiger partial charge in [0.15, 0.2) is 5.78 Å². The third kappa shape index (κ3) is 3.42. The summed E-state index contributed by atoms with van der Waals surface area (Å²) in [5.41, 5.74) is 0.403. The van der Waals surface area contributed by atoms with Gasteiger partial charge in [0.05, 0.1) is 6.07 Å². The van der Waals surface area contributed by atoms with Crippen LogP contribution in [0.3, 0.4) is 0 Å². The molecule has 0 unspecified atom stereocenters. The summed E-state index contributed by atoms with van der Waals surface area (Å²) in [4.78, 5) is 12.9. The highest BCUT2D eigenvalue weighted by molar-refractivity contribution is 5.97. The first kappa shape index (κ1) is 17.6. The first-order chi connectivity index (χ1) is 12.7. The van der Waals surface area contributed by atoms with Crippen LogP contribution in [0.25, 0.3) is 0 Å². The first-order valence-corrected chi connectivity index (χ1v) is 8.45. The largest absolute Gasteiger partial charge is 0.386 e. The number of carbonyl (C=O) groups excluding carboxylic acids is 1. The third-order valence-corrected chi connectivity index (χ3v) is 4.61. The SMILES string of the molecule is N#C[C@](CC(=O)c1ccccc1)(c1ccccc1)[C@H](O)c1ccccc1. The van der Waals surface area contributed by atoms with E-state index in [1.54, 1.807) is 48.5 Å². The Morgan fingerprint density at radius 1 is 0.885 bits per heavy atom. The van der Waals surface area contributed by atoms with Gasteiger partial charge in [0, 0.05) is 12.0 Å². The zero-order chi connectivity index (χ0) is 18.4. The van der Waals surface area contributed by atoms with Gasteiger partial charge in [-0.1, -0.05) is 91.0 Å². The Kier molecular flexibility index (Phi) is 5.26. The second-order valence-electron chi connectivity index (χ2n) is 6.23. The number of nitrogens with zero attached hydrogens (tertiary/aromatic N) is 1. The monoisotopic (exact) mass is 341 g/mol. The van der Waals surface area contributed by atoms with Gasteiger partial charge in [0.2, 0.25) is 0 Å². The van der Waals surface area contributed by atoms with E-state index in [-0.39, 0.29) is 12.2 Å². The number of carbonyl (C=O) groups is 1. The van der Waals surface area contributed by atoms with Crippen LogP contribution >= 0.6 is 0 Å². The van der Waals surface area contributed by atoms with Crippen molar-refractivity contribution in [3.05, 3.63) is 108 Å². The number of rotatable bonds is 6. The van der Waals surface area contributed by atoms with Crippen LogP contribution in [0.2, 0.25) is 0 Å². The van der Waals surface area contributed by atoms with Gasteiger partial charge < -0.3 is 5.11 Å². The van der Waals surface area contributed by atoms with Crippen LogP contribution < -0.4 is 0 Å². The maximum absolute atomic E-state index is 12.9. The summed E-state index contributed by atoms with van der Waals surface area (Å²) in [6.45, 7) is 0. The van der Waals surface area contributed by atoms with Crippen molar-refractivity contribution in [1.82, 2.24) is 0 Å². The molecule has 2 atom stereocenters. The molecule has 128 valence electrons. The zero-order valence-corrected chi connectivity index (χ0v) is 14.2. The highest BCUT2D eigenvalue weighted by atomic mass is 16.3. The molecule has 0 fully saturated rings. The molecule has 0 heterocycles. The highest BCUT2D eigenvalue weighted by Crippen LogP contribution is 2.40. The molecule has 1 N–H and O–H groups in total. The fourth-order valence-electron chi connectivity index (χ4n) is 3.16. The van der Waals surface area contributed by atoms with Crippen molar-refractivity contribution in [3.63, 3.8) is 0 Å². The molecular weight excluding hydrogens is 322 g/mol. The lowest BCUT2D eigenvalue weighted by atomic mass is 9.70. The van der Waals surface area contributed by atoms with Crippen LogP contribution in [0, 0.1) is 11.3 Å². The number of aliphatic hydroxyl groups is 1. The topological polar surface area (TPSA) is 61.1 Å². The van der Waals surface area contributed by atoms with E-state index in [1.807, 2.05) is 42.5 Å². The summed E-state index contributed by atoms with van der Waals surface area (Å²) in [5, 5.41) is 21.2. The zero-order valence-electron chi connectivity index (χ0n) is 14.2. The van der Waals surface area contributed by atoms with E-state index in [1.165, 1.54) is 0 Å². The lowest BCUT2D eigenvalue weighted by Gasteiger charge is -2.32. The molecule has 3 heteroatoms. The maximum Gasteiger partial charge on any atom is 0.164 e. The lowest BCUT2D eigenvalue weighted by molar-refractivity contribution is 0.0798. The fraction of sp³-hybridized carbons (Fsp3) is 0.130. The van der Waals surface area contributed by atoms with Crippen molar-refractivity contribution in [2.24, 2.45) is 0 Å². The van der Waals surface area contributed by atoms with Crippen LogP contribution in [0.15, 0.2) is 91.0 Å². The van der Waals surface area contributed by atoms with E-state index >= 15 is 0 Å². The van der Waals surface area contributed by atoms with E-state index in [4.69, 9.17) is 0 Å². The summed E-state index contributed by atoms with van der Waals surface area (Å²) in [5.74, 6) is -0.175. The van der Waals surface area contributed by atoms with Crippen molar-refractivity contribution < 1.29 is 9.90 Å². The number of nitriles is 1. The lowest BCUT2D eigenvalue weighted by Crippen LogP contribution is -2.35. The molecular formula is C23H19NO2. The van der Waals surface area contributed by atoms with Crippen molar-refractivity contribution in [2.45, 2.75) is 17.9 Å². The number of hydrogen-bond donors (Lipinski definition) is 1. The molecule has 0 aliphatic heterocycles. The fourth-order valence-corrected chi connectivity index (χ4v) is 3.16. The van der Waals surface area contributed by atoms with E-state index in [2.05, 4.69) is 6.07 Å². The van der Waals surface area contributed by atoms with Gasteiger partial charge in [-0.2, -0.15) is 5.26 Å². The molecule has 0 amide bonds. The van der Waals surface area contributed by atoms with E-state index in [0.29, 0.717) is 16.7 Å². The second-order valence-corrected chi connectivity index (χ2v) is 6.23. The predicted octanol–water partition coefficient (Wildman–Crippen LogP) is 4.45. The summed E-state index contributed by atoms with van der Waals surface area (Å²) >= 11 is 0. The van der Waals surface area contributed by atoms with E-state index in [0.717, 1.165) is 0 Å². The Morgan fingerprint density at radius 2 is 1.38 bits per heavy atom. The summed E-state index contributed by atoms with van der Waals surface area (Å²) < 4.78 is 0. The first-order valence-electron chi connectivity index (χ1n) is 8.45. The maximum atomic E-state index is 12.9. The van der Waals surface area contributed by atoms with Crippen molar-refractivity contribution in [3.8, 4) is 6.07 Å². The Balaban J connectivity index is 2.07. The van der Waals surface area contributed by atoms with Gasteiger partial charge in [0.1, 0.15) is 11.5 Å². The van der Waals surface area contributed by atoms with Gasteiger partial charge >= 0.3 is 0 Å². The van der Waals surface area contributed by atoms with Gasteiger partial charge in [-0.15, -0.1) is 0 Å². The van der Waals surface area contributed by atoms with Crippen LogP contribution in [0.5, 0.6) is 0 Å². The normalized spacial score (nSPS) is 14.0. The third-order valence-electron chi connectivity index (χ3n) is 4.61. The number of hydrogen-bond acceptors (Lipinski definition) is 3. The number of Topliss-reactive ketones (excluding diaryl/α,β-unsaturated/α-hetero) is 1. The molecule has 0 saturated carbocycles. The van der Waals surface area contributed by atoms with Crippen LogP contribution in [0.1, 0.15) is 34.0 Å². The summed E-state index contributed by atoms with van der Waals surface area (Å²) in [6, 6.07) is 29.2. The van der Waals surface area contributed by atoms with Crippen LogP contribution in [-0.2, 0) is 5.41 Å². The molecule has 3 nitrogen and oxygen atoms in total. The minimum Gasteiger partial charge on any atom is -0.386 e. The minimum atomic E-state index is -1.37. The van der Waals surface area contributed by atoms with Crippen molar-refractivity contribution in [2.75, 3.05) is 0 Å². The summed E-state index contributed by atoms with van der Waals surface area (Å²) in [7, 11) is 0. The smallest absolute Gasteiger partial charge is 0.164 e. The van der Waals surface area contributed by atoms with E-state index in [9.17, 15) is 15.2 Å². The second kappa shape index (κ2) is 7.77. The number of ketones is 1. The molecule has 0 bridgehead atoms. The average molecular weight is 341 g/mol. The van der Waals surface area contributed by atoms with E-state index < -0.39 is 11.5 Å². The summed E-state index contributed by atoms with van der Waals surface area (Å²) in [6.07, 6.45) is -1.23. The van der Waals surface area contributed by atoms with Gasteiger partial charge in [-0.05, 0) is 11.1 Å². The quantitative estimate of drug-likeness (QED) is 0.674. The molecule has 26 heavy (non-hydrogen) atoms. The molecule has 3 aromatic rings. The molecule has 0 saturated heterocycles. The van der Waals surface area contributed by atoms with Crippen molar-refractivity contribution >= 4 is 5.78 Å². The predicted molar refractivity (Wildman–Crippen MR) is 101 cm³/mol. The highest BCUT2D eigenvalue weighted by Gasteiger charge is 2.43. The van der Waals surface area contributed by atoms with Crippen LogP contribution in [0.4, 0.5) is 0 Å². The Labute approximate surface area is 153 Å². The van der Waals surface area contributed by atoms with Crippen molar-refractivity contribution in [1.29, 1.82) is 5.26 Å². The number of aliphatic hydroxyl groups excluding tert-OH is 1. The molecule has 0 radical (unpaired) electrons. The average Bonchev–Trinajstić information content (AvgIpc) is 2.73. The molecule has 0 aliphatic rings. The van der Waals surface area contributed by atoms with Gasteiger partial charge in [-0.25, -0.2) is 0 Å². The Morgan fingerprint density at radius 3 is 1.92 bits per heavy atom. The molecule has 0 spiro atoms.